The second kappa shape index (κ2) is 7.21. The van der Waals surface area contributed by atoms with Crippen LogP contribution in [-0.2, 0) is 0 Å². The van der Waals surface area contributed by atoms with Crippen LogP contribution in [0.4, 0.5) is 5.69 Å². The first-order valence-corrected chi connectivity index (χ1v) is 9.70. The minimum atomic E-state index is -0.127. The zero-order valence-electron chi connectivity index (χ0n) is 17.4. The van der Waals surface area contributed by atoms with Gasteiger partial charge in [-0.25, -0.2) is 4.98 Å². The first kappa shape index (κ1) is 18.9. The molecule has 0 saturated carbocycles. The summed E-state index contributed by atoms with van der Waals surface area (Å²) >= 11 is 0. The SMILES string of the molecule is Cc1cc(C)c2oc(-c3cccc(NC(=O)c4ccc(C)c(C)c4)c3C)nc2c1. The highest BCUT2D eigenvalue weighted by atomic mass is 16.3. The first-order chi connectivity index (χ1) is 13.8. The molecule has 3 aromatic carbocycles. The molecule has 1 N–H and O–H groups in total. The molecule has 0 aliphatic heterocycles. The molecule has 146 valence electrons. The van der Waals surface area contributed by atoms with Gasteiger partial charge in [-0.3, -0.25) is 4.79 Å². The standard InChI is InChI=1S/C25H24N2O2/c1-14-11-17(4)23-22(12-14)27-25(29-23)20-7-6-8-21(18(20)5)26-24(28)19-10-9-15(2)16(3)13-19/h6-13H,1-5H3,(H,26,28). The number of carbonyl (C=O) groups excluding carboxylic acids is 1. The van der Waals surface area contributed by atoms with E-state index in [4.69, 9.17) is 4.42 Å². The number of rotatable bonds is 3. The molecule has 29 heavy (non-hydrogen) atoms. The highest BCUT2D eigenvalue weighted by molar-refractivity contribution is 6.05. The quantitative estimate of drug-likeness (QED) is 0.452. The Morgan fingerprint density at radius 1 is 0.897 bits per heavy atom. The van der Waals surface area contributed by atoms with Crippen molar-refractivity contribution in [1.82, 2.24) is 4.98 Å². The third-order valence-corrected chi connectivity index (χ3v) is 5.40. The van der Waals surface area contributed by atoms with Gasteiger partial charge in [0, 0.05) is 16.8 Å². The normalized spacial score (nSPS) is 11.1. The van der Waals surface area contributed by atoms with Gasteiger partial charge in [-0.2, -0.15) is 0 Å². The molecule has 1 heterocycles. The Balaban J connectivity index is 1.70. The van der Waals surface area contributed by atoms with Gasteiger partial charge in [0.15, 0.2) is 5.58 Å². The van der Waals surface area contributed by atoms with Gasteiger partial charge in [0.25, 0.3) is 5.91 Å². The maximum absolute atomic E-state index is 12.8. The van der Waals surface area contributed by atoms with Crippen LogP contribution < -0.4 is 5.32 Å². The van der Waals surface area contributed by atoms with Crippen molar-refractivity contribution in [2.45, 2.75) is 34.6 Å². The number of oxazole rings is 1. The number of benzene rings is 3. The van der Waals surface area contributed by atoms with E-state index >= 15 is 0 Å². The Kier molecular flexibility index (Phi) is 4.71. The van der Waals surface area contributed by atoms with E-state index < -0.39 is 0 Å². The maximum Gasteiger partial charge on any atom is 0.255 e. The van der Waals surface area contributed by atoms with Crippen LogP contribution in [0.5, 0.6) is 0 Å². The van der Waals surface area contributed by atoms with Crippen molar-refractivity contribution in [2.75, 3.05) is 5.32 Å². The van der Waals surface area contributed by atoms with Crippen LogP contribution >= 0.6 is 0 Å². The summed E-state index contributed by atoms with van der Waals surface area (Å²) in [4.78, 5) is 17.4. The van der Waals surface area contributed by atoms with Crippen LogP contribution in [-0.4, -0.2) is 10.9 Å². The number of fused-ring (bicyclic) bond motifs is 1. The average Bonchev–Trinajstić information content (AvgIpc) is 3.09. The molecule has 0 atom stereocenters. The Bertz CT molecular complexity index is 1250. The second-order valence-corrected chi connectivity index (χ2v) is 7.68. The summed E-state index contributed by atoms with van der Waals surface area (Å²) in [7, 11) is 0. The highest BCUT2D eigenvalue weighted by Crippen LogP contribution is 2.32. The van der Waals surface area contributed by atoms with Crippen molar-refractivity contribution in [3.8, 4) is 11.5 Å². The van der Waals surface area contributed by atoms with E-state index in [1.54, 1.807) is 0 Å². The molecule has 1 aromatic heterocycles. The summed E-state index contributed by atoms with van der Waals surface area (Å²) < 4.78 is 6.07. The predicted molar refractivity (Wildman–Crippen MR) is 118 cm³/mol. The van der Waals surface area contributed by atoms with Gasteiger partial charge < -0.3 is 9.73 Å². The van der Waals surface area contributed by atoms with Gasteiger partial charge in [-0.15, -0.1) is 0 Å². The number of hydrogen-bond acceptors (Lipinski definition) is 3. The molecule has 4 heteroatoms. The second-order valence-electron chi connectivity index (χ2n) is 7.68. The molecule has 4 nitrogen and oxygen atoms in total. The summed E-state index contributed by atoms with van der Waals surface area (Å²) in [5.41, 5.74) is 9.32. The molecule has 0 aliphatic carbocycles. The number of carbonyl (C=O) groups is 1. The monoisotopic (exact) mass is 384 g/mol. The molecule has 0 radical (unpaired) electrons. The Hall–Kier alpha value is -3.40. The van der Waals surface area contributed by atoms with E-state index in [0.717, 1.165) is 44.6 Å². The van der Waals surface area contributed by atoms with E-state index in [9.17, 15) is 4.79 Å². The van der Waals surface area contributed by atoms with Gasteiger partial charge in [0.05, 0.1) is 0 Å². The topological polar surface area (TPSA) is 55.1 Å². The minimum absolute atomic E-state index is 0.127. The third-order valence-electron chi connectivity index (χ3n) is 5.40. The van der Waals surface area contributed by atoms with Crippen LogP contribution in [0.15, 0.2) is 52.9 Å². The molecule has 0 fully saturated rings. The van der Waals surface area contributed by atoms with Crippen molar-refractivity contribution in [1.29, 1.82) is 0 Å². The van der Waals surface area contributed by atoms with E-state index in [-0.39, 0.29) is 5.91 Å². The summed E-state index contributed by atoms with van der Waals surface area (Å²) in [6, 6.07) is 15.6. The predicted octanol–water partition coefficient (Wildman–Crippen LogP) is 6.29. The number of aryl methyl sites for hydroxylation is 4. The largest absolute Gasteiger partial charge is 0.436 e. The van der Waals surface area contributed by atoms with Gasteiger partial charge in [0.1, 0.15) is 5.52 Å². The molecule has 0 unspecified atom stereocenters. The number of aromatic nitrogens is 1. The lowest BCUT2D eigenvalue weighted by Crippen LogP contribution is -2.13. The van der Waals surface area contributed by atoms with Crippen molar-refractivity contribution in [2.24, 2.45) is 0 Å². The Morgan fingerprint density at radius 2 is 1.69 bits per heavy atom. The van der Waals surface area contributed by atoms with Crippen molar-refractivity contribution in [3.05, 3.63) is 81.9 Å². The fourth-order valence-corrected chi connectivity index (χ4v) is 3.57. The fourth-order valence-electron chi connectivity index (χ4n) is 3.57. The van der Waals surface area contributed by atoms with E-state index in [0.29, 0.717) is 11.5 Å². The van der Waals surface area contributed by atoms with Crippen molar-refractivity contribution >= 4 is 22.7 Å². The molecule has 0 saturated heterocycles. The van der Waals surface area contributed by atoms with Gasteiger partial charge in [-0.05, 0) is 92.8 Å². The molecular formula is C25H24N2O2. The number of hydrogen-bond donors (Lipinski definition) is 1. The Labute approximate surface area is 170 Å². The van der Waals surface area contributed by atoms with Crippen molar-refractivity contribution in [3.63, 3.8) is 0 Å². The van der Waals surface area contributed by atoms with Gasteiger partial charge in [0.2, 0.25) is 5.89 Å². The molecule has 4 aromatic rings. The maximum atomic E-state index is 12.8. The summed E-state index contributed by atoms with van der Waals surface area (Å²) in [5.74, 6) is 0.436. The molecule has 0 bridgehead atoms. The van der Waals surface area contributed by atoms with Gasteiger partial charge in [-0.1, -0.05) is 18.2 Å². The molecule has 0 aliphatic rings. The van der Waals surface area contributed by atoms with Crippen LogP contribution in [0.2, 0.25) is 0 Å². The average molecular weight is 384 g/mol. The van der Waals surface area contributed by atoms with Crippen LogP contribution in [0.1, 0.15) is 38.2 Å². The lowest BCUT2D eigenvalue weighted by molar-refractivity contribution is 0.102. The lowest BCUT2D eigenvalue weighted by Gasteiger charge is -2.11. The first-order valence-electron chi connectivity index (χ1n) is 9.70. The van der Waals surface area contributed by atoms with Crippen LogP contribution in [0.25, 0.3) is 22.6 Å². The summed E-state index contributed by atoms with van der Waals surface area (Å²) in [6.07, 6.45) is 0. The van der Waals surface area contributed by atoms with Crippen molar-refractivity contribution < 1.29 is 9.21 Å². The number of amides is 1. The van der Waals surface area contributed by atoms with E-state index in [1.165, 1.54) is 5.56 Å². The zero-order chi connectivity index (χ0) is 20.7. The number of anilines is 1. The van der Waals surface area contributed by atoms with Crippen LogP contribution in [0, 0.1) is 34.6 Å². The minimum Gasteiger partial charge on any atom is -0.436 e. The molecule has 4 rings (SSSR count). The summed E-state index contributed by atoms with van der Waals surface area (Å²) in [5, 5.41) is 3.03. The number of nitrogens with one attached hydrogen (secondary N) is 1. The van der Waals surface area contributed by atoms with Gasteiger partial charge >= 0.3 is 0 Å². The molecule has 1 amide bonds. The van der Waals surface area contributed by atoms with E-state index in [2.05, 4.69) is 23.3 Å². The smallest absolute Gasteiger partial charge is 0.255 e. The molecular weight excluding hydrogens is 360 g/mol. The molecule has 0 spiro atoms. The highest BCUT2D eigenvalue weighted by Gasteiger charge is 2.16. The lowest BCUT2D eigenvalue weighted by atomic mass is 10.0. The van der Waals surface area contributed by atoms with Crippen LogP contribution in [0.3, 0.4) is 0 Å². The summed E-state index contributed by atoms with van der Waals surface area (Å²) in [6.45, 7) is 10.1. The van der Waals surface area contributed by atoms with E-state index in [1.807, 2.05) is 70.2 Å². The zero-order valence-corrected chi connectivity index (χ0v) is 17.4. The third kappa shape index (κ3) is 3.54. The number of nitrogens with zero attached hydrogens (tertiary/aromatic N) is 1. The Morgan fingerprint density at radius 3 is 2.45 bits per heavy atom. The fraction of sp³-hybridized carbons (Fsp3) is 0.200.